The Hall–Kier alpha value is -0.950. The molecule has 0 bridgehead atoms. The van der Waals surface area contributed by atoms with Gasteiger partial charge in [0.15, 0.2) is 0 Å². The first-order valence-corrected chi connectivity index (χ1v) is 4.95. The van der Waals surface area contributed by atoms with Crippen LogP contribution in [0.1, 0.15) is 26.2 Å². The molecule has 0 aromatic heterocycles. The summed E-state index contributed by atoms with van der Waals surface area (Å²) in [6.45, 7) is 5.44. The van der Waals surface area contributed by atoms with Gasteiger partial charge in [-0.05, 0) is 24.6 Å². The Morgan fingerprint density at radius 2 is 2.38 bits per heavy atom. The number of carbonyl (C=O) groups is 1. The maximum atomic E-state index is 10.5. The number of thioether (sulfide) groups is 1. The molecule has 0 heterocycles. The molecule has 0 aliphatic heterocycles. The third-order valence-electron chi connectivity index (χ3n) is 1.61. The van der Waals surface area contributed by atoms with Gasteiger partial charge in [0.05, 0.1) is 0 Å². The fourth-order valence-corrected chi connectivity index (χ4v) is 1.75. The van der Waals surface area contributed by atoms with E-state index < -0.39 is 5.97 Å². The van der Waals surface area contributed by atoms with Gasteiger partial charge in [0, 0.05) is 10.8 Å². The zero-order chi connectivity index (χ0) is 10.3. The van der Waals surface area contributed by atoms with E-state index in [2.05, 4.69) is 6.58 Å². The summed E-state index contributed by atoms with van der Waals surface area (Å²) in [5.74, 6) is -0.973. The first kappa shape index (κ1) is 12.0. The topological polar surface area (TPSA) is 61.1 Å². The Bertz CT molecular complexity index is 232. The molecule has 1 unspecified atom stereocenters. The van der Waals surface area contributed by atoms with E-state index in [9.17, 15) is 4.79 Å². The van der Waals surface area contributed by atoms with Gasteiger partial charge in [-0.25, -0.2) is 4.79 Å². The van der Waals surface area contributed by atoms with Crippen LogP contribution in [0.3, 0.4) is 0 Å². The highest BCUT2D eigenvalue weighted by atomic mass is 32.2. The number of hydrogen-bond acceptors (Lipinski definition) is 3. The lowest BCUT2D eigenvalue weighted by Crippen LogP contribution is -2.08. The first-order chi connectivity index (χ1) is 6.11. The summed E-state index contributed by atoms with van der Waals surface area (Å²) < 4.78 is 0. The van der Waals surface area contributed by atoms with Crippen molar-refractivity contribution in [3.05, 3.63) is 12.2 Å². The summed E-state index contributed by atoms with van der Waals surface area (Å²) in [5, 5.41) is 19.1. The molecule has 0 aliphatic carbocycles. The normalized spacial score (nSPS) is 11.7. The third kappa shape index (κ3) is 5.31. The monoisotopic (exact) mass is 199 g/mol. The average molecular weight is 199 g/mol. The van der Waals surface area contributed by atoms with E-state index >= 15 is 0 Å². The Morgan fingerprint density at radius 1 is 1.77 bits per heavy atom. The highest BCUT2D eigenvalue weighted by molar-refractivity contribution is 8.04. The molecule has 0 saturated heterocycles. The van der Waals surface area contributed by atoms with E-state index in [4.69, 9.17) is 10.4 Å². The van der Waals surface area contributed by atoms with E-state index in [1.54, 1.807) is 0 Å². The van der Waals surface area contributed by atoms with Crippen LogP contribution < -0.4 is 0 Å². The van der Waals surface area contributed by atoms with Gasteiger partial charge in [0.25, 0.3) is 0 Å². The highest BCUT2D eigenvalue weighted by Gasteiger charge is 2.13. The number of aliphatic carboxylic acids is 1. The zero-order valence-corrected chi connectivity index (χ0v) is 8.43. The number of rotatable bonds is 6. The maximum Gasteiger partial charge on any atom is 0.330 e. The van der Waals surface area contributed by atoms with Gasteiger partial charge in [-0.1, -0.05) is 19.9 Å². The number of carboxylic acids is 1. The number of nitriles is 1. The van der Waals surface area contributed by atoms with Crippen LogP contribution in [0.5, 0.6) is 0 Å². The van der Waals surface area contributed by atoms with Gasteiger partial charge in [0.1, 0.15) is 5.40 Å². The SMILES string of the molecule is C=C(CC(CCC)SC#N)C(=O)O. The number of nitrogens with zero attached hydrogens (tertiary/aromatic N) is 1. The lowest BCUT2D eigenvalue weighted by Gasteiger charge is -2.10. The van der Waals surface area contributed by atoms with Crippen LogP contribution in [0.4, 0.5) is 0 Å². The molecule has 0 aromatic rings. The molecule has 0 saturated carbocycles. The van der Waals surface area contributed by atoms with Crippen LogP contribution >= 0.6 is 11.8 Å². The van der Waals surface area contributed by atoms with E-state index in [-0.39, 0.29) is 10.8 Å². The molecule has 0 aromatic carbocycles. The zero-order valence-electron chi connectivity index (χ0n) is 7.62. The van der Waals surface area contributed by atoms with E-state index in [0.29, 0.717) is 6.42 Å². The van der Waals surface area contributed by atoms with Crippen molar-refractivity contribution in [3.8, 4) is 5.40 Å². The molecule has 13 heavy (non-hydrogen) atoms. The average Bonchev–Trinajstić information content (AvgIpc) is 2.05. The highest BCUT2D eigenvalue weighted by Crippen LogP contribution is 2.21. The van der Waals surface area contributed by atoms with E-state index in [1.807, 2.05) is 12.3 Å². The second-order valence-electron chi connectivity index (χ2n) is 2.73. The molecule has 1 atom stereocenters. The summed E-state index contributed by atoms with van der Waals surface area (Å²) in [6, 6.07) is 0. The summed E-state index contributed by atoms with van der Waals surface area (Å²) in [7, 11) is 0. The standard InChI is InChI=1S/C9H13NO2S/c1-3-4-8(13-6-10)5-7(2)9(11)12/h8H,2-5H2,1H3,(H,11,12). The van der Waals surface area contributed by atoms with Crippen molar-refractivity contribution in [2.75, 3.05) is 0 Å². The van der Waals surface area contributed by atoms with Crippen molar-refractivity contribution >= 4 is 17.7 Å². The molecule has 0 radical (unpaired) electrons. The molecule has 4 heteroatoms. The molecular weight excluding hydrogens is 186 g/mol. The van der Waals surface area contributed by atoms with Crippen molar-refractivity contribution < 1.29 is 9.90 Å². The smallest absolute Gasteiger partial charge is 0.330 e. The predicted molar refractivity (Wildman–Crippen MR) is 53.3 cm³/mol. The Labute approximate surface area is 82.4 Å². The second-order valence-corrected chi connectivity index (χ2v) is 3.82. The molecule has 0 spiro atoms. The van der Waals surface area contributed by atoms with Gasteiger partial charge < -0.3 is 5.11 Å². The largest absolute Gasteiger partial charge is 0.478 e. The minimum atomic E-state index is -0.973. The van der Waals surface area contributed by atoms with Crippen molar-refractivity contribution in [3.63, 3.8) is 0 Å². The molecule has 1 N–H and O–H groups in total. The first-order valence-electron chi connectivity index (χ1n) is 4.07. The quantitative estimate of drug-likeness (QED) is 0.527. The number of hydrogen-bond donors (Lipinski definition) is 1. The van der Waals surface area contributed by atoms with E-state index in [0.717, 1.165) is 24.6 Å². The van der Waals surface area contributed by atoms with Crippen molar-refractivity contribution in [2.24, 2.45) is 0 Å². The summed E-state index contributed by atoms with van der Waals surface area (Å²) in [4.78, 5) is 10.5. The molecule has 0 aliphatic rings. The molecule has 3 nitrogen and oxygen atoms in total. The Kier molecular flexibility index (Phi) is 6.07. The fourth-order valence-electron chi connectivity index (χ4n) is 0.961. The van der Waals surface area contributed by atoms with E-state index in [1.165, 1.54) is 0 Å². The minimum Gasteiger partial charge on any atom is -0.478 e. The van der Waals surface area contributed by atoms with Crippen LogP contribution in [0.25, 0.3) is 0 Å². The van der Waals surface area contributed by atoms with Crippen LogP contribution in [-0.2, 0) is 4.79 Å². The summed E-state index contributed by atoms with van der Waals surface area (Å²) in [6.07, 6.45) is 2.19. The minimum absolute atomic E-state index is 0.0681. The van der Waals surface area contributed by atoms with Crippen LogP contribution in [0.15, 0.2) is 12.2 Å². The van der Waals surface area contributed by atoms with Crippen LogP contribution in [0, 0.1) is 10.7 Å². The molecule has 0 rings (SSSR count). The van der Waals surface area contributed by atoms with Gasteiger partial charge in [0.2, 0.25) is 0 Å². The van der Waals surface area contributed by atoms with Crippen molar-refractivity contribution in [1.29, 1.82) is 5.26 Å². The maximum absolute atomic E-state index is 10.5. The van der Waals surface area contributed by atoms with Gasteiger partial charge in [-0.15, -0.1) is 0 Å². The van der Waals surface area contributed by atoms with Crippen LogP contribution in [-0.4, -0.2) is 16.3 Å². The predicted octanol–water partition coefficient (Wildman–Crippen LogP) is 2.40. The lowest BCUT2D eigenvalue weighted by molar-refractivity contribution is -0.132. The van der Waals surface area contributed by atoms with Gasteiger partial charge in [-0.3, -0.25) is 0 Å². The Balaban J connectivity index is 4.02. The molecule has 0 amide bonds. The fraction of sp³-hybridized carbons (Fsp3) is 0.556. The second kappa shape index (κ2) is 6.55. The number of thiocyanates is 1. The molecule has 72 valence electrons. The summed E-state index contributed by atoms with van der Waals surface area (Å²) in [5.41, 5.74) is 0.182. The summed E-state index contributed by atoms with van der Waals surface area (Å²) >= 11 is 1.13. The Morgan fingerprint density at radius 3 is 2.77 bits per heavy atom. The van der Waals surface area contributed by atoms with Gasteiger partial charge >= 0.3 is 5.97 Å². The number of carboxylic acid groups (broad SMARTS) is 1. The molecular formula is C9H13NO2S. The lowest BCUT2D eigenvalue weighted by atomic mass is 10.1. The van der Waals surface area contributed by atoms with Crippen molar-refractivity contribution in [2.45, 2.75) is 31.4 Å². The van der Waals surface area contributed by atoms with Crippen molar-refractivity contribution in [1.82, 2.24) is 0 Å². The molecule has 0 fully saturated rings. The third-order valence-corrected chi connectivity index (χ3v) is 2.45. The van der Waals surface area contributed by atoms with Gasteiger partial charge in [-0.2, -0.15) is 5.26 Å². The van der Waals surface area contributed by atoms with Crippen LogP contribution in [0.2, 0.25) is 0 Å².